The summed E-state index contributed by atoms with van der Waals surface area (Å²) in [7, 11) is 0. The average molecular weight is 267 g/mol. The minimum atomic E-state index is 0.0896. The van der Waals surface area contributed by atoms with E-state index in [2.05, 4.69) is 11.0 Å². The number of hydrogen-bond acceptors (Lipinski definition) is 4. The molecule has 2 rings (SSSR count). The molecule has 0 N–H and O–H groups in total. The summed E-state index contributed by atoms with van der Waals surface area (Å²) in [6.45, 7) is 3.73. The summed E-state index contributed by atoms with van der Waals surface area (Å²) < 4.78 is 0. The molecule has 2 saturated heterocycles. The lowest BCUT2D eigenvalue weighted by Gasteiger charge is -2.32. The van der Waals surface area contributed by atoms with Gasteiger partial charge in [-0.05, 0) is 32.4 Å². The first kappa shape index (κ1) is 13.7. The van der Waals surface area contributed by atoms with Crippen LogP contribution in [-0.4, -0.2) is 59.4 Å². The Labute approximate surface area is 113 Å². The van der Waals surface area contributed by atoms with Gasteiger partial charge in [-0.25, -0.2) is 0 Å². The molecule has 18 heavy (non-hydrogen) atoms. The molecule has 0 aliphatic carbocycles. The molecule has 100 valence electrons. The van der Waals surface area contributed by atoms with Crippen LogP contribution in [0.15, 0.2) is 0 Å². The largest absolute Gasteiger partial charge is 0.340 e. The van der Waals surface area contributed by atoms with Crippen LogP contribution < -0.4 is 0 Å². The Kier molecular flexibility index (Phi) is 5.33. The van der Waals surface area contributed by atoms with E-state index in [0.717, 1.165) is 56.9 Å². The van der Waals surface area contributed by atoms with Crippen molar-refractivity contribution in [1.29, 1.82) is 5.26 Å². The third-order valence-electron chi connectivity index (χ3n) is 3.71. The van der Waals surface area contributed by atoms with E-state index in [1.807, 2.05) is 16.7 Å². The van der Waals surface area contributed by atoms with Crippen molar-refractivity contribution >= 4 is 17.7 Å². The number of carbonyl (C=O) groups is 1. The first-order valence-corrected chi connectivity index (χ1v) is 7.96. The molecule has 2 fully saturated rings. The molecular weight excluding hydrogens is 246 g/mol. The SMILES string of the molecule is N#CCCCN1CCC[C@@H]1C(=O)N1CCSCC1. The molecule has 0 radical (unpaired) electrons. The van der Waals surface area contributed by atoms with Gasteiger partial charge in [-0.2, -0.15) is 17.0 Å². The van der Waals surface area contributed by atoms with E-state index >= 15 is 0 Å². The van der Waals surface area contributed by atoms with Gasteiger partial charge in [-0.1, -0.05) is 0 Å². The number of likely N-dealkylation sites (tertiary alicyclic amines) is 1. The second-order valence-electron chi connectivity index (χ2n) is 4.89. The van der Waals surface area contributed by atoms with Crippen molar-refractivity contribution in [3.05, 3.63) is 0 Å². The number of unbranched alkanes of at least 4 members (excludes halogenated alkanes) is 1. The van der Waals surface area contributed by atoms with Crippen molar-refractivity contribution in [3.8, 4) is 6.07 Å². The van der Waals surface area contributed by atoms with Crippen molar-refractivity contribution in [2.45, 2.75) is 31.7 Å². The highest BCUT2D eigenvalue weighted by molar-refractivity contribution is 7.99. The minimum Gasteiger partial charge on any atom is -0.340 e. The van der Waals surface area contributed by atoms with E-state index in [0.29, 0.717) is 12.3 Å². The van der Waals surface area contributed by atoms with Gasteiger partial charge in [0.25, 0.3) is 0 Å². The summed E-state index contributed by atoms with van der Waals surface area (Å²) in [6, 6.07) is 2.26. The minimum absolute atomic E-state index is 0.0896. The highest BCUT2D eigenvalue weighted by Gasteiger charge is 2.33. The number of carbonyl (C=O) groups excluding carboxylic acids is 1. The third-order valence-corrected chi connectivity index (χ3v) is 4.65. The maximum Gasteiger partial charge on any atom is 0.239 e. The molecule has 0 aromatic heterocycles. The lowest BCUT2D eigenvalue weighted by molar-refractivity contribution is -0.135. The zero-order valence-corrected chi connectivity index (χ0v) is 11.6. The van der Waals surface area contributed by atoms with Gasteiger partial charge in [-0.3, -0.25) is 9.69 Å². The van der Waals surface area contributed by atoms with Gasteiger partial charge in [-0.15, -0.1) is 0 Å². The summed E-state index contributed by atoms with van der Waals surface area (Å²) in [5.74, 6) is 2.48. The standard InChI is InChI=1S/C13H21N3OS/c14-5-1-2-6-15-7-3-4-12(15)13(17)16-8-10-18-11-9-16/h12H,1-4,6-11H2/t12-/m1/s1. The van der Waals surface area contributed by atoms with E-state index in [4.69, 9.17) is 5.26 Å². The van der Waals surface area contributed by atoms with E-state index < -0.39 is 0 Å². The Morgan fingerprint density at radius 1 is 1.33 bits per heavy atom. The third kappa shape index (κ3) is 3.39. The molecular formula is C13H21N3OS. The van der Waals surface area contributed by atoms with Crippen LogP contribution in [0.2, 0.25) is 0 Å². The van der Waals surface area contributed by atoms with Crippen molar-refractivity contribution in [3.63, 3.8) is 0 Å². The topological polar surface area (TPSA) is 47.3 Å². The molecule has 0 aromatic rings. The Morgan fingerprint density at radius 2 is 2.11 bits per heavy atom. The second kappa shape index (κ2) is 7.01. The van der Waals surface area contributed by atoms with Gasteiger partial charge < -0.3 is 4.90 Å². The highest BCUT2D eigenvalue weighted by atomic mass is 32.2. The van der Waals surface area contributed by atoms with Gasteiger partial charge in [0.05, 0.1) is 12.1 Å². The van der Waals surface area contributed by atoms with Gasteiger partial charge in [0.1, 0.15) is 0 Å². The molecule has 0 unspecified atom stereocenters. The van der Waals surface area contributed by atoms with Gasteiger partial charge >= 0.3 is 0 Å². The van der Waals surface area contributed by atoms with Crippen LogP contribution in [-0.2, 0) is 4.79 Å². The lowest BCUT2D eigenvalue weighted by atomic mass is 10.2. The predicted molar refractivity (Wildman–Crippen MR) is 73.3 cm³/mol. The molecule has 5 heteroatoms. The molecule has 2 aliphatic rings. The fourth-order valence-corrected chi connectivity index (χ4v) is 3.63. The van der Waals surface area contributed by atoms with Crippen LogP contribution in [0, 0.1) is 11.3 Å². The molecule has 0 aromatic carbocycles. The molecule has 2 aliphatic heterocycles. The van der Waals surface area contributed by atoms with Crippen LogP contribution in [0.1, 0.15) is 25.7 Å². The van der Waals surface area contributed by atoms with Crippen LogP contribution in [0.3, 0.4) is 0 Å². The second-order valence-corrected chi connectivity index (χ2v) is 6.12. The van der Waals surface area contributed by atoms with Gasteiger partial charge in [0, 0.05) is 31.0 Å². The first-order chi connectivity index (χ1) is 8.83. The normalized spacial score (nSPS) is 25.1. The number of nitriles is 1. The zero-order valence-electron chi connectivity index (χ0n) is 10.8. The summed E-state index contributed by atoms with van der Waals surface area (Å²) in [4.78, 5) is 16.8. The van der Waals surface area contributed by atoms with Crippen LogP contribution >= 0.6 is 11.8 Å². The fraction of sp³-hybridized carbons (Fsp3) is 0.846. The predicted octanol–water partition coefficient (Wildman–Crippen LogP) is 1.33. The van der Waals surface area contributed by atoms with E-state index in [9.17, 15) is 4.79 Å². The lowest BCUT2D eigenvalue weighted by Crippen LogP contribution is -2.48. The number of hydrogen-bond donors (Lipinski definition) is 0. The first-order valence-electron chi connectivity index (χ1n) is 6.80. The zero-order chi connectivity index (χ0) is 12.8. The van der Waals surface area contributed by atoms with Crippen molar-refractivity contribution < 1.29 is 4.79 Å². The Balaban J connectivity index is 1.85. The monoisotopic (exact) mass is 267 g/mol. The molecule has 1 atom stereocenters. The van der Waals surface area contributed by atoms with E-state index in [1.165, 1.54) is 0 Å². The summed E-state index contributed by atoms with van der Waals surface area (Å²) >= 11 is 1.93. The smallest absolute Gasteiger partial charge is 0.239 e. The molecule has 0 saturated carbocycles. The number of nitrogens with zero attached hydrogens (tertiary/aromatic N) is 3. The highest BCUT2D eigenvalue weighted by Crippen LogP contribution is 2.21. The van der Waals surface area contributed by atoms with Gasteiger partial charge in [0.15, 0.2) is 0 Å². The Morgan fingerprint density at radius 3 is 2.83 bits per heavy atom. The van der Waals surface area contributed by atoms with E-state index in [1.54, 1.807) is 0 Å². The molecule has 4 nitrogen and oxygen atoms in total. The molecule has 2 heterocycles. The van der Waals surface area contributed by atoms with E-state index in [-0.39, 0.29) is 6.04 Å². The van der Waals surface area contributed by atoms with Crippen LogP contribution in [0.5, 0.6) is 0 Å². The summed E-state index contributed by atoms with van der Waals surface area (Å²) in [5.41, 5.74) is 0. The maximum atomic E-state index is 12.5. The molecule has 1 amide bonds. The van der Waals surface area contributed by atoms with Crippen molar-refractivity contribution in [1.82, 2.24) is 9.80 Å². The van der Waals surface area contributed by atoms with Crippen LogP contribution in [0.4, 0.5) is 0 Å². The van der Waals surface area contributed by atoms with Crippen LogP contribution in [0.25, 0.3) is 0 Å². The Bertz CT molecular complexity index is 323. The fourth-order valence-electron chi connectivity index (χ4n) is 2.73. The molecule has 0 bridgehead atoms. The summed E-state index contributed by atoms with van der Waals surface area (Å²) in [6.07, 6.45) is 3.59. The van der Waals surface area contributed by atoms with Crippen molar-refractivity contribution in [2.24, 2.45) is 0 Å². The van der Waals surface area contributed by atoms with Crippen molar-refractivity contribution in [2.75, 3.05) is 37.7 Å². The van der Waals surface area contributed by atoms with Gasteiger partial charge in [0.2, 0.25) is 5.91 Å². The maximum absolute atomic E-state index is 12.5. The number of thioether (sulfide) groups is 1. The molecule has 0 spiro atoms. The Hall–Kier alpha value is -0.730. The quantitative estimate of drug-likeness (QED) is 0.721. The summed E-state index contributed by atoms with van der Waals surface area (Å²) in [5, 5.41) is 8.57. The number of amides is 1. The number of rotatable bonds is 4. The average Bonchev–Trinajstić information content (AvgIpc) is 2.88.